The van der Waals surface area contributed by atoms with Crippen LogP contribution in [-0.4, -0.2) is 7.11 Å². The van der Waals surface area contributed by atoms with Gasteiger partial charge in [0.25, 0.3) is 0 Å². The van der Waals surface area contributed by atoms with Crippen LogP contribution in [-0.2, 0) is 18.3 Å². The van der Waals surface area contributed by atoms with Crippen molar-refractivity contribution < 1.29 is 4.74 Å². The lowest BCUT2D eigenvalue weighted by atomic mass is 9.69. The Hall–Kier alpha value is -5.08. The molecule has 2 nitrogen and oxygen atoms in total. The van der Waals surface area contributed by atoms with Gasteiger partial charge in [-0.3, -0.25) is 0 Å². The van der Waals surface area contributed by atoms with Crippen LogP contribution in [0.3, 0.4) is 0 Å². The molecule has 0 unspecified atom stereocenters. The number of hydrogen-bond donors (Lipinski definition) is 0. The average molecular weight is 544 g/mol. The molecule has 6 aromatic carbocycles. The van der Waals surface area contributed by atoms with Gasteiger partial charge >= 0.3 is 0 Å². The SMILES string of the molecule is COc1ccc(N(c2ccccc2)c2ccc3c(c2)C(Cc2ccccc2)(Cc2ccccc2)c2ccccc2-3)cc1. The van der Waals surface area contributed by atoms with Crippen LogP contribution < -0.4 is 9.64 Å². The summed E-state index contributed by atoms with van der Waals surface area (Å²) in [6.07, 6.45) is 1.84. The van der Waals surface area contributed by atoms with Crippen molar-refractivity contribution >= 4 is 17.1 Å². The van der Waals surface area contributed by atoms with Crippen LogP contribution in [0, 0.1) is 0 Å². The van der Waals surface area contributed by atoms with Crippen LogP contribution in [0.15, 0.2) is 158 Å². The fourth-order valence-corrected chi connectivity index (χ4v) is 6.67. The second kappa shape index (κ2) is 11.1. The number of ether oxygens (including phenoxy) is 1. The molecule has 0 amide bonds. The van der Waals surface area contributed by atoms with Gasteiger partial charge in [-0.15, -0.1) is 0 Å². The highest BCUT2D eigenvalue weighted by Crippen LogP contribution is 2.54. The highest BCUT2D eigenvalue weighted by Gasteiger charge is 2.43. The number of rotatable bonds is 8. The van der Waals surface area contributed by atoms with E-state index in [-0.39, 0.29) is 5.41 Å². The lowest BCUT2D eigenvalue weighted by Crippen LogP contribution is -2.31. The van der Waals surface area contributed by atoms with Crippen LogP contribution in [0.2, 0.25) is 0 Å². The molecule has 6 aromatic rings. The summed E-state index contributed by atoms with van der Waals surface area (Å²) in [5.41, 5.74) is 11.3. The monoisotopic (exact) mass is 543 g/mol. The Balaban J connectivity index is 1.45. The van der Waals surface area contributed by atoms with E-state index in [2.05, 4.69) is 150 Å². The number of hydrogen-bond acceptors (Lipinski definition) is 2. The minimum absolute atomic E-state index is 0.215. The number of methoxy groups -OCH3 is 1. The van der Waals surface area contributed by atoms with Gasteiger partial charge in [-0.25, -0.2) is 0 Å². The third kappa shape index (κ3) is 4.65. The smallest absolute Gasteiger partial charge is 0.119 e. The largest absolute Gasteiger partial charge is 0.497 e. The Bertz CT molecular complexity index is 1750. The summed E-state index contributed by atoms with van der Waals surface area (Å²) < 4.78 is 5.48. The van der Waals surface area contributed by atoms with E-state index in [0.717, 1.165) is 35.7 Å². The molecular formula is C40H33NO. The summed E-state index contributed by atoms with van der Waals surface area (Å²) in [6.45, 7) is 0. The summed E-state index contributed by atoms with van der Waals surface area (Å²) in [4.78, 5) is 2.35. The molecular weight excluding hydrogens is 510 g/mol. The molecule has 0 aliphatic heterocycles. The van der Waals surface area contributed by atoms with Crippen molar-refractivity contribution in [2.45, 2.75) is 18.3 Å². The zero-order chi connectivity index (χ0) is 28.4. The summed E-state index contributed by atoms with van der Waals surface area (Å²) in [6, 6.07) is 56.9. The second-order valence-electron chi connectivity index (χ2n) is 11.1. The zero-order valence-electron chi connectivity index (χ0n) is 23.8. The molecule has 0 saturated carbocycles. The first-order chi connectivity index (χ1) is 20.7. The highest BCUT2D eigenvalue weighted by atomic mass is 16.5. The molecule has 0 atom stereocenters. The zero-order valence-corrected chi connectivity index (χ0v) is 23.8. The first-order valence-corrected chi connectivity index (χ1v) is 14.6. The lowest BCUT2D eigenvalue weighted by molar-refractivity contribution is 0.415. The van der Waals surface area contributed by atoms with Gasteiger partial charge < -0.3 is 9.64 Å². The predicted octanol–water partition coefficient (Wildman–Crippen LogP) is 9.92. The number of benzene rings is 6. The van der Waals surface area contributed by atoms with Crippen LogP contribution in [0.25, 0.3) is 11.1 Å². The maximum absolute atomic E-state index is 5.48. The summed E-state index contributed by atoms with van der Waals surface area (Å²) in [5.74, 6) is 0.848. The second-order valence-corrected chi connectivity index (χ2v) is 11.1. The summed E-state index contributed by atoms with van der Waals surface area (Å²) in [7, 11) is 1.71. The molecule has 42 heavy (non-hydrogen) atoms. The van der Waals surface area contributed by atoms with Crippen molar-refractivity contribution in [1.29, 1.82) is 0 Å². The van der Waals surface area contributed by atoms with Crippen LogP contribution in [0.1, 0.15) is 22.3 Å². The summed E-state index contributed by atoms with van der Waals surface area (Å²) >= 11 is 0. The van der Waals surface area contributed by atoms with Gasteiger partial charge in [-0.05, 0) is 94.8 Å². The number of anilines is 3. The van der Waals surface area contributed by atoms with E-state index in [1.807, 2.05) is 12.1 Å². The molecule has 0 spiro atoms. The van der Waals surface area contributed by atoms with Crippen LogP contribution in [0.4, 0.5) is 17.1 Å². The van der Waals surface area contributed by atoms with Gasteiger partial charge in [-0.2, -0.15) is 0 Å². The van der Waals surface area contributed by atoms with Gasteiger partial charge in [0.2, 0.25) is 0 Å². The van der Waals surface area contributed by atoms with Gasteiger partial charge in [-0.1, -0.05) is 109 Å². The van der Waals surface area contributed by atoms with Crippen molar-refractivity contribution in [1.82, 2.24) is 0 Å². The van der Waals surface area contributed by atoms with E-state index < -0.39 is 0 Å². The van der Waals surface area contributed by atoms with Gasteiger partial charge in [0.05, 0.1) is 7.11 Å². The first kappa shape index (κ1) is 25.9. The van der Waals surface area contributed by atoms with E-state index in [4.69, 9.17) is 4.74 Å². The molecule has 0 bridgehead atoms. The number of para-hydroxylation sites is 1. The minimum Gasteiger partial charge on any atom is -0.497 e. The standard InChI is InChI=1S/C40H33NO/c1-42-35-24-21-33(22-25-35)41(32-17-9-4-10-18-32)34-23-26-37-36-19-11-12-20-38(36)40(39(37)27-34,28-30-13-5-2-6-14-30)29-31-15-7-3-8-16-31/h2-27H,28-29H2,1H3. The van der Waals surface area contributed by atoms with Crippen molar-refractivity contribution in [3.05, 3.63) is 180 Å². The predicted molar refractivity (Wildman–Crippen MR) is 174 cm³/mol. The van der Waals surface area contributed by atoms with E-state index in [1.165, 1.54) is 33.4 Å². The van der Waals surface area contributed by atoms with E-state index in [1.54, 1.807) is 7.11 Å². The Morgan fingerprint density at radius 2 is 0.976 bits per heavy atom. The topological polar surface area (TPSA) is 12.5 Å². The normalized spacial score (nSPS) is 12.8. The van der Waals surface area contributed by atoms with Gasteiger partial charge in [0.15, 0.2) is 0 Å². The molecule has 1 aliphatic rings. The Kier molecular flexibility index (Phi) is 6.81. The fraction of sp³-hybridized carbons (Fsp3) is 0.100. The molecule has 2 heteroatoms. The fourth-order valence-electron chi connectivity index (χ4n) is 6.67. The number of fused-ring (bicyclic) bond motifs is 3. The van der Waals surface area contributed by atoms with E-state index >= 15 is 0 Å². The van der Waals surface area contributed by atoms with Crippen molar-refractivity contribution in [3.8, 4) is 16.9 Å². The molecule has 0 heterocycles. The van der Waals surface area contributed by atoms with E-state index in [0.29, 0.717) is 0 Å². The highest BCUT2D eigenvalue weighted by molar-refractivity contribution is 5.86. The minimum atomic E-state index is -0.215. The Morgan fingerprint density at radius 3 is 1.60 bits per heavy atom. The van der Waals surface area contributed by atoms with Crippen molar-refractivity contribution in [2.24, 2.45) is 0 Å². The molecule has 7 rings (SSSR count). The molecule has 0 radical (unpaired) electrons. The first-order valence-electron chi connectivity index (χ1n) is 14.6. The third-order valence-corrected chi connectivity index (χ3v) is 8.55. The lowest BCUT2D eigenvalue weighted by Gasteiger charge is -2.34. The maximum atomic E-state index is 5.48. The van der Waals surface area contributed by atoms with E-state index in [9.17, 15) is 0 Å². The molecule has 0 N–H and O–H groups in total. The average Bonchev–Trinajstić information content (AvgIpc) is 3.31. The van der Waals surface area contributed by atoms with Crippen LogP contribution in [0.5, 0.6) is 5.75 Å². The van der Waals surface area contributed by atoms with Gasteiger partial charge in [0, 0.05) is 22.5 Å². The molecule has 0 fully saturated rings. The van der Waals surface area contributed by atoms with Crippen molar-refractivity contribution in [2.75, 3.05) is 12.0 Å². The summed E-state index contributed by atoms with van der Waals surface area (Å²) in [5, 5.41) is 0. The molecule has 0 aromatic heterocycles. The maximum Gasteiger partial charge on any atom is 0.119 e. The van der Waals surface area contributed by atoms with Gasteiger partial charge in [0.1, 0.15) is 5.75 Å². The molecule has 204 valence electrons. The molecule has 1 aliphatic carbocycles. The quantitative estimate of drug-likeness (QED) is 0.189. The van der Waals surface area contributed by atoms with Crippen LogP contribution >= 0.6 is 0 Å². The Labute approximate surface area is 248 Å². The Morgan fingerprint density at radius 1 is 0.476 bits per heavy atom. The third-order valence-electron chi connectivity index (χ3n) is 8.55. The number of nitrogens with zero attached hydrogens (tertiary/aromatic N) is 1. The molecule has 0 saturated heterocycles. The van der Waals surface area contributed by atoms with Crippen molar-refractivity contribution in [3.63, 3.8) is 0 Å².